The molecule has 8 nitrogen and oxygen atoms in total. The maximum atomic E-state index is 14.6. The molecule has 1 N–H and O–H groups in total. The van der Waals surface area contributed by atoms with Crippen LogP contribution in [0.25, 0.3) is 10.9 Å². The first-order valence-electron chi connectivity index (χ1n) is 13.9. The smallest absolute Gasteiger partial charge is 0.357 e. The standard InChI is InChI=1S/C31H36N2O6/c1-16-14-30-12-11-20-22(28(20,2)3)19(24(30)34)13-17-15-37-29(4,5)39-26(17)31(30,36)25(16)38-27(35)23-18-9-7-8-10-21(18)32-33(23)6/h7-10,13-14,19-20,22,25-26,36H,11-12,15H2,1-6H3. The zero-order chi connectivity index (χ0) is 27.7. The number of ether oxygens (including phenoxy) is 3. The van der Waals surface area contributed by atoms with Crippen molar-refractivity contribution in [3.63, 3.8) is 0 Å². The predicted molar refractivity (Wildman–Crippen MR) is 143 cm³/mol. The second-order valence-corrected chi connectivity index (χ2v) is 13.3. The molecule has 1 spiro atoms. The van der Waals surface area contributed by atoms with Crippen LogP contribution in [-0.2, 0) is 26.1 Å². The normalized spacial score (nSPS) is 39.5. The Hall–Kier alpha value is -2.81. The minimum Gasteiger partial charge on any atom is -0.450 e. The number of fused-ring (bicyclic) bond motifs is 6. The second kappa shape index (κ2) is 7.68. The Morgan fingerprint density at radius 2 is 1.95 bits per heavy atom. The fourth-order valence-corrected chi connectivity index (χ4v) is 8.47. The van der Waals surface area contributed by atoms with E-state index in [2.05, 4.69) is 18.9 Å². The highest BCUT2D eigenvalue weighted by Crippen LogP contribution is 2.71. The molecule has 8 heteroatoms. The second-order valence-electron chi connectivity index (χ2n) is 13.3. The number of Topliss-reactive ketones (excluding diaryl/α,β-unsaturated/α-hetero) is 1. The molecule has 5 aliphatic rings. The van der Waals surface area contributed by atoms with Crippen LogP contribution < -0.4 is 0 Å². The van der Waals surface area contributed by atoms with Gasteiger partial charge in [-0.15, -0.1) is 0 Å². The summed E-state index contributed by atoms with van der Waals surface area (Å²) in [5.74, 6) is -1.35. The number of hydrogen-bond donors (Lipinski definition) is 1. The number of aryl methyl sites for hydroxylation is 1. The van der Waals surface area contributed by atoms with Gasteiger partial charge in [0.25, 0.3) is 0 Å². The van der Waals surface area contributed by atoms with Crippen LogP contribution in [0.5, 0.6) is 0 Å². The highest BCUT2D eigenvalue weighted by Gasteiger charge is 2.75. The van der Waals surface area contributed by atoms with Gasteiger partial charge in [0.15, 0.2) is 29.0 Å². The van der Waals surface area contributed by atoms with Crippen molar-refractivity contribution >= 4 is 22.7 Å². The predicted octanol–water partition coefficient (Wildman–Crippen LogP) is 4.12. The molecule has 7 atom stereocenters. The van der Waals surface area contributed by atoms with E-state index in [0.29, 0.717) is 34.5 Å². The summed E-state index contributed by atoms with van der Waals surface area (Å²) in [6.45, 7) is 10.2. The molecule has 206 valence electrons. The van der Waals surface area contributed by atoms with Crippen LogP contribution in [0.15, 0.2) is 47.6 Å². The number of aliphatic hydroxyl groups is 1. The Kier molecular flexibility index (Phi) is 4.96. The third-order valence-corrected chi connectivity index (χ3v) is 10.4. The quantitative estimate of drug-likeness (QED) is 0.459. The molecule has 7 rings (SSSR count). The molecule has 1 aromatic heterocycles. The number of benzene rings is 1. The monoisotopic (exact) mass is 532 g/mol. The third-order valence-electron chi connectivity index (χ3n) is 10.4. The first kappa shape index (κ1) is 25.2. The number of aromatic nitrogens is 2. The van der Waals surface area contributed by atoms with E-state index in [1.807, 2.05) is 57.2 Å². The average Bonchev–Trinajstić information content (AvgIpc) is 3.20. The van der Waals surface area contributed by atoms with Gasteiger partial charge in [0.05, 0.1) is 17.5 Å². The molecule has 39 heavy (non-hydrogen) atoms. The lowest BCUT2D eigenvalue weighted by atomic mass is 9.63. The van der Waals surface area contributed by atoms with E-state index in [1.165, 1.54) is 4.68 Å². The summed E-state index contributed by atoms with van der Waals surface area (Å²) < 4.78 is 20.2. The van der Waals surface area contributed by atoms with Gasteiger partial charge in [-0.3, -0.25) is 9.48 Å². The summed E-state index contributed by atoms with van der Waals surface area (Å²) in [5.41, 5.74) is -0.616. The number of carbonyl (C=O) groups excluding carboxylic acids is 2. The van der Waals surface area contributed by atoms with E-state index >= 15 is 0 Å². The topological polar surface area (TPSA) is 99.9 Å². The van der Waals surface area contributed by atoms with Crippen LogP contribution in [0.3, 0.4) is 0 Å². The lowest BCUT2D eigenvalue weighted by Crippen LogP contribution is -2.66. The van der Waals surface area contributed by atoms with E-state index < -0.39 is 35.0 Å². The van der Waals surface area contributed by atoms with Crippen LogP contribution in [0.4, 0.5) is 0 Å². The molecule has 2 bridgehead atoms. The van der Waals surface area contributed by atoms with Gasteiger partial charge in [0.1, 0.15) is 6.10 Å². The van der Waals surface area contributed by atoms with Gasteiger partial charge in [0, 0.05) is 18.4 Å². The van der Waals surface area contributed by atoms with Gasteiger partial charge in [-0.2, -0.15) is 5.10 Å². The van der Waals surface area contributed by atoms with E-state index in [-0.39, 0.29) is 29.6 Å². The molecule has 0 radical (unpaired) electrons. The van der Waals surface area contributed by atoms with Crippen molar-refractivity contribution in [1.82, 2.24) is 9.78 Å². The molecule has 1 aromatic carbocycles. The van der Waals surface area contributed by atoms with Gasteiger partial charge < -0.3 is 19.3 Å². The number of ketones is 1. The van der Waals surface area contributed by atoms with Crippen LogP contribution in [0, 0.1) is 28.6 Å². The Balaban J connectivity index is 1.36. The molecule has 2 heterocycles. The number of rotatable bonds is 2. The van der Waals surface area contributed by atoms with E-state index in [0.717, 1.165) is 12.0 Å². The first-order chi connectivity index (χ1) is 18.3. The zero-order valence-electron chi connectivity index (χ0n) is 23.4. The molecular weight excluding hydrogens is 496 g/mol. The summed E-state index contributed by atoms with van der Waals surface area (Å²) in [5, 5.41) is 18.1. The van der Waals surface area contributed by atoms with Crippen LogP contribution in [-0.4, -0.2) is 56.8 Å². The Morgan fingerprint density at radius 3 is 2.72 bits per heavy atom. The van der Waals surface area contributed by atoms with E-state index in [4.69, 9.17) is 14.2 Å². The van der Waals surface area contributed by atoms with Crippen molar-refractivity contribution in [3.05, 3.63) is 53.3 Å². The summed E-state index contributed by atoms with van der Waals surface area (Å²) >= 11 is 0. The van der Waals surface area contributed by atoms with Gasteiger partial charge in [0.2, 0.25) is 0 Å². The molecule has 1 saturated heterocycles. The van der Waals surface area contributed by atoms with Gasteiger partial charge >= 0.3 is 5.97 Å². The van der Waals surface area contributed by atoms with Crippen molar-refractivity contribution < 1.29 is 28.9 Å². The minimum absolute atomic E-state index is 0.00439. The Labute approximate surface area is 228 Å². The largest absolute Gasteiger partial charge is 0.450 e. The molecule has 4 aliphatic carbocycles. The molecule has 1 aliphatic heterocycles. The zero-order valence-corrected chi connectivity index (χ0v) is 23.4. The van der Waals surface area contributed by atoms with Crippen molar-refractivity contribution in [3.8, 4) is 0 Å². The van der Waals surface area contributed by atoms with Gasteiger partial charge in [-0.1, -0.05) is 44.2 Å². The Bertz CT molecular complexity index is 1500. The molecule has 7 unspecified atom stereocenters. The Morgan fingerprint density at radius 1 is 1.21 bits per heavy atom. The summed E-state index contributed by atoms with van der Waals surface area (Å²) in [4.78, 5) is 28.4. The SMILES string of the molecule is CC1=CC23CCC4C(C(C=C5COC(C)(C)OC5C2(O)C1OC(=O)c1c2ccccc2nn1C)C3=O)C4(C)C. The number of esters is 1. The average molecular weight is 533 g/mol. The molecule has 2 saturated carbocycles. The maximum Gasteiger partial charge on any atom is 0.357 e. The van der Waals surface area contributed by atoms with Crippen molar-refractivity contribution in [2.75, 3.05) is 6.61 Å². The summed E-state index contributed by atoms with van der Waals surface area (Å²) in [6.07, 6.45) is 3.24. The van der Waals surface area contributed by atoms with Crippen molar-refractivity contribution in [1.29, 1.82) is 0 Å². The van der Waals surface area contributed by atoms with E-state index in [9.17, 15) is 14.7 Å². The molecule has 2 aromatic rings. The lowest BCUT2D eigenvalue weighted by molar-refractivity contribution is -0.300. The number of nitrogens with zero attached hydrogens (tertiary/aromatic N) is 2. The fraction of sp³-hybridized carbons (Fsp3) is 0.581. The lowest BCUT2D eigenvalue weighted by Gasteiger charge is -2.51. The highest BCUT2D eigenvalue weighted by molar-refractivity contribution is 6.02. The molecular formula is C31H36N2O6. The van der Waals surface area contributed by atoms with Crippen molar-refractivity contribution in [2.24, 2.45) is 35.6 Å². The van der Waals surface area contributed by atoms with Crippen LogP contribution in [0.1, 0.15) is 57.9 Å². The number of hydrogen-bond acceptors (Lipinski definition) is 7. The van der Waals surface area contributed by atoms with Crippen LogP contribution >= 0.6 is 0 Å². The van der Waals surface area contributed by atoms with Gasteiger partial charge in [-0.25, -0.2) is 4.79 Å². The van der Waals surface area contributed by atoms with Crippen LogP contribution in [0.2, 0.25) is 0 Å². The number of allylic oxidation sites excluding steroid dienone is 1. The molecule has 3 fully saturated rings. The first-order valence-corrected chi connectivity index (χ1v) is 13.9. The summed E-state index contributed by atoms with van der Waals surface area (Å²) in [7, 11) is 1.70. The maximum absolute atomic E-state index is 14.6. The fourth-order valence-electron chi connectivity index (χ4n) is 8.47. The van der Waals surface area contributed by atoms with E-state index in [1.54, 1.807) is 7.05 Å². The highest BCUT2D eigenvalue weighted by atomic mass is 16.7. The third kappa shape index (κ3) is 3.14. The van der Waals surface area contributed by atoms with Crippen molar-refractivity contribution in [2.45, 2.75) is 71.1 Å². The summed E-state index contributed by atoms with van der Waals surface area (Å²) in [6, 6.07) is 7.38. The minimum atomic E-state index is -1.82. The van der Waals surface area contributed by atoms with Gasteiger partial charge in [-0.05, 0) is 68.1 Å². The number of carbonyl (C=O) groups is 2. The molecule has 0 amide bonds.